The molecular weight excluding hydrogens is 981 g/mol. The summed E-state index contributed by atoms with van der Waals surface area (Å²) in [6.07, 6.45) is 0. The standard InChI is InChI=1S/C78H54N2O/c1-51-47-63(41-44-65(51)66-45-42-64(48-52(66)2)80(60-17-4-3-5-18-60)76-25-14-16-57-15-6-7-19-67(57)76)79(62-39-33-56(34-40-62)58-35-43-72-70-22-9-8-20-68(70)69-21-10-11-23-71(69)74(72)49-58)61-37-31-54(32-38-61)53-27-29-55(30-28-53)59-36-46-78-75(50-59)73-24-12-13-26-77(73)81-78/h3-50H,1-2H3. The Morgan fingerprint density at radius 3 is 1.22 bits per heavy atom. The lowest BCUT2D eigenvalue weighted by Gasteiger charge is -2.28. The monoisotopic (exact) mass is 1030 g/mol. The van der Waals surface area contributed by atoms with Crippen LogP contribution in [0.15, 0.2) is 296 Å². The summed E-state index contributed by atoms with van der Waals surface area (Å²) in [6.45, 7) is 4.48. The Labute approximate surface area is 471 Å². The molecule has 382 valence electrons. The van der Waals surface area contributed by atoms with E-state index in [4.69, 9.17) is 4.42 Å². The highest BCUT2D eigenvalue weighted by atomic mass is 16.3. The van der Waals surface area contributed by atoms with Crippen LogP contribution in [-0.2, 0) is 0 Å². The number of para-hydroxylation sites is 2. The van der Waals surface area contributed by atoms with Gasteiger partial charge in [0.05, 0.1) is 5.69 Å². The number of benzene rings is 14. The van der Waals surface area contributed by atoms with E-state index in [-0.39, 0.29) is 0 Å². The van der Waals surface area contributed by atoms with Gasteiger partial charge in [0, 0.05) is 44.6 Å². The molecule has 0 atom stereocenters. The van der Waals surface area contributed by atoms with Gasteiger partial charge >= 0.3 is 0 Å². The minimum absolute atomic E-state index is 0.907. The third-order valence-corrected chi connectivity index (χ3v) is 16.5. The largest absolute Gasteiger partial charge is 0.456 e. The van der Waals surface area contributed by atoms with Crippen molar-refractivity contribution in [2.75, 3.05) is 9.80 Å². The van der Waals surface area contributed by atoms with Crippen molar-refractivity contribution in [1.29, 1.82) is 0 Å². The van der Waals surface area contributed by atoms with Crippen LogP contribution in [0.5, 0.6) is 0 Å². The first-order valence-electron chi connectivity index (χ1n) is 27.9. The van der Waals surface area contributed by atoms with E-state index >= 15 is 0 Å². The fraction of sp³-hybridized carbons (Fsp3) is 0.0256. The van der Waals surface area contributed by atoms with E-state index in [0.717, 1.165) is 67.2 Å². The SMILES string of the molecule is Cc1cc(N(c2ccc(-c3ccc(-c4ccc5oc6ccccc6c5c4)cc3)cc2)c2ccc(-c3ccc4c5ccccc5c5ccccc5c4c3)cc2)ccc1-c1ccc(N(c2ccccc2)c2cccc3ccccc23)cc1C. The van der Waals surface area contributed by atoms with Crippen LogP contribution in [0.2, 0.25) is 0 Å². The van der Waals surface area contributed by atoms with Crippen LogP contribution < -0.4 is 9.80 Å². The van der Waals surface area contributed by atoms with Crippen LogP contribution >= 0.6 is 0 Å². The lowest BCUT2D eigenvalue weighted by Crippen LogP contribution is -2.11. The Balaban J connectivity index is 0.783. The minimum atomic E-state index is 0.907. The summed E-state index contributed by atoms with van der Waals surface area (Å²) in [5, 5.41) is 12.4. The molecule has 3 nitrogen and oxygen atoms in total. The Hall–Kier alpha value is -10.5. The third-order valence-electron chi connectivity index (χ3n) is 16.5. The molecule has 1 aromatic heterocycles. The Bertz CT molecular complexity index is 4840. The van der Waals surface area contributed by atoms with E-state index in [1.165, 1.54) is 87.6 Å². The summed E-state index contributed by atoms with van der Waals surface area (Å²) >= 11 is 0. The first-order valence-corrected chi connectivity index (χ1v) is 27.9. The van der Waals surface area contributed by atoms with Gasteiger partial charge in [-0.15, -0.1) is 0 Å². The molecule has 0 amide bonds. The number of anilines is 6. The van der Waals surface area contributed by atoms with Gasteiger partial charge in [-0.1, -0.05) is 200 Å². The molecule has 1 heterocycles. The van der Waals surface area contributed by atoms with Crippen LogP contribution in [0, 0.1) is 13.8 Å². The van der Waals surface area contributed by atoms with Crippen molar-refractivity contribution >= 4 is 99.2 Å². The van der Waals surface area contributed by atoms with Gasteiger partial charge in [-0.2, -0.15) is 0 Å². The molecule has 0 fully saturated rings. The Morgan fingerprint density at radius 1 is 0.235 bits per heavy atom. The molecule has 0 unspecified atom stereocenters. The van der Waals surface area contributed by atoms with E-state index in [9.17, 15) is 0 Å². The maximum absolute atomic E-state index is 6.13. The molecular formula is C78H54N2O. The van der Waals surface area contributed by atoms with Crippen LogP contribution in [0.4, 0.5) is 34.1 Å². The summed E-state index contributed by atoms with van der Waals surface area (Å²) in [4.78, 5) is 4.77. The highest BCUT2D eigenvalue weighted by molar-refractivity contribution is 6.25. The maximum Gasteiger partial charge on any atom is 0.135 e. The molecule has 0 saturated carbocycles. The number of hydrogen-bond donors (Lipinski definition) is 0. The predicted molar refractivity (Wildman–Crippen MR) is 344 cm³/mol. The van der Waals surface area contributed by atoms with E-state index in [2.05, 4.69) is 303 Å². The first-order chi connectivity index (χ1) is 40.0. The second kappa shape index (κ2) is 19.8. The lowest BCUT2D eigenvalue weighted by atomic mass is 9.92. The highest BCUT2D eigenvalue weighted by Gasteiger charge is 2.20. The lowest BCUT2D eigenvalue weighted by molar-refractivity contribution is 0.669. The molecule has 0 aliphatic carbocycles. The molecule has 0 radical (unpaired) electrons. The molecule has 0 saturated heterocycles. The van der Waals surface area contributed by atoms with Crippen molar-refractivity contribution in [3.63, 3.8) is 0 Å². The summed E-state index contributed by atoms with van der Waals surface area (Å²) in [7, 11) is 0. The van der Waals surface area contributed by atoms with Gasteiger partial charge in [0.25, 0.3) is 0 Å². The zero-order valence-corrected chi connectivity index (χ0v) is 45.0. The van der Waals surface area contributed by atoms with Gasteiger partial charge < -0.3 is 14.2 Å². The highest BCUT2D eigenvalue weighted by Crippen LogP contribution is 2.44. The smallest absolute Gasteiger partial charge is 0.135 e. The van der Waals surface area contributed by atoms with Crippen LogP contribution in [0.25, 0.3) is 110 Å². The van der Waals surface area contributed by atoms with E-state index in [1.807, 2.05) is 12.1 Å². The summed E-state index contributed by atoms with van der Waals surface area (Å²) in [6, 6.07) is 106. The van der Waals surface area contributed by atoms with Gasteiger partial charge in [-0.05, 0) is 198 Å². The van der Waals surface area contributed by atoms with Gasteiger partial charge in [0.2, 0.25) is 0 Å². The van der Waals surface area contributed by atoms with E-state index in [0.29, 0.717) is 0 Å². The fourth-order valence-corrected chi connectivity index (χ4v) is 12.5. The predicted octanol–water partition coefficient (Wildman–Crippen LogP) is 22.4. The molecule has 15 rings (SSSR count). The van der Waals surface area contributed by atoms with Gasteiger partial charge in [-0.3, -0.25) is 0 Å². The summed E-state index contributed by atoms with van der Waals surface area (Å²) in [5.41, 5.74) is 20.3. The van der Waals surface area contributed by atoms with E-state index in [1.54, 1.807) is 0 Å². The number of furan rings is 1. The van der Waals surface area contributed by atoms with Gasteiger partial charge in [0.15, 0.2) is 0 Å². The van der Waals surface area contributed by atoms with Crippen molar-refractivity contribution in [1.82, 2.24) is 0 Å². The Morgan fingerprint density at radius 2 is 0.630 bits per heavy atom. The second-order valence-corrected chi connectivity index (χ2v) is 21.3. The van der Waals surface area contributed by atoms with Gasteiger partial charge in [-0.25, -0.2) is 0 Å². The van der Waals surface area contributed by atoms with Crippen molar-refractivity contribution in [2.45, 2.75) is 13.8 Å². The molecule has 81 heavy (non-hydrogen) atoms. The van der Waals surface area contributed by atoms with Crippen LogP contribution in [-0.4, -0.2) is 0 Å². The number of nitrogens with zero attached hydrogens (tertiary/aromatic N) is 2. The molecule has 14 aromatic carbocycles. The average Bonchev–Trinajstić information content (AvgIpc) is 4.10. The third kappa shape index (κ3) is 8.46. The quantitative estimate of drug-likeness (QED) is 0.127. The molecule has 0 N–H and O–H groups in total. The zero-order chi connectivity index (χ0) is 54.0. The molecule has 15 aromatic rings. The van der Waals surface area contributed by atoms with Crippen molar-refractivity contribution in [2.24, 2.45) is 0 Å². The van der Waals surface area contributed by atoms with Crippen molar-refractivity contribution in [3.8, 4) is 44.5 Å². The van der Waals surface area contributed by atoms with E-state index < -0.39 is 0 Å². The normalized spacial score (nSPS) is 11.6. The summed E-state index contributed by atoms with van der Waals surface area (Å²) < 4.78 is 6.13. The second-order valence-electron chi connectivity index (χ2n) is 21.3. The number of fused-ring (bicyclic) bond motifs is 10. The number of aryl methyl sites for hydroxylation is 2. The maximum atomic E-state index is 6.13. The molecule has 0 aliphatic heterocycles. The van der Waals surface area contributed by atoms with Crippen molar-refractivity contribution in [3.05, 3.63) is 302 Å². The van der Waals surface area contributed by atoms with Gasteiger partial charge in [0.1, 0.15) is 11.2 Å². The Kier molecular flexibility index (Phi) is 11.6. The average molecular weight is 1040 g/mol. The molecule has 3 heteroatoms. The zero-order valence-electron chi connectivity index (χ0n) is 45.0. The van der Waals surface area contributed by atoms with Crippen molar-refractivity contribution < 1.29 is 4.42 Å². The first kappa shape index (κ1) is 47.7. The number of hydrogen-bond acceptors (Lipinski definition) is 3. The molecule has 0 aliphatic rings. The topological polar surface area (TPSA) is 19.6 Å². The fourth-order valence-electron chi connectivity index (χ4n) is 12.5. The molecule has 0 spiro atoms. The number of rotatable bonds is 10. The minimum Gasteiger partial charge on any atom is -0.456 e. The van der Waals surface area contributed by atoms with Crippen LogP contribution in [0.3, 0.4) is 0 Å². The van der Waals surface area contributed by atoms with Crippen LogP contribution in [0.1, 0.15) is 11.1 Å². The summed E-state index contributed by atoms with van der Waals surface area (Å²) in [5.74, 6) is 0. The molecule has 0 bridgehead atoms.